The maximum atomic E-state index is 11.9. The Morgan fingerprint density at radius 1 is 1.12 bits per heavy atom. The van der Waals surface area contributed by atoms with Crippen molar-refractivity contribution in [3.05, 3.63) is 54.6 Å². The van der Waals surface area contributed by atoms with Crippen LogP contribution in [0.1, 0.15) is 20.8 Å². The van der Waals surface area contributed by atoms with E-state index in [1.165, 1.54) is 0 Å². The van der Waals surface area contributed by atoms with Crippen LogP contribution in [0.25, 0.3) is 11.1 Å². The number of carbonyl (C=O) groups is 1. The summed E-state index contributed by atoms with van der Waals surface area (Å²) in [4.78, 5) is 11.9. The number of ether oxygens (including phenoxy) is 1. The quantitative estimate of drug-likeness (QED) is 0.393. The maximum absolute atomic E-state index is 11.9. The zero-order chi connectivity index (χ0) is 19.1. The van der Waals surface area contributed by atoms with E-state index in [-0.39, 0.29) is 20.4 Å². The summed E-state index contributed by atoms with van der Waals surface area (Å²) in [5.74, 6) is 0. The van der Waals surface area contributed by atoms with Crippen molar-refractivity contribution < 1.29 is 42.9 Å². The van der Waals surface area contributed by atoms with E-state index >= 15 is 0 Å². The van der Waals surface area contributed by atoms with Crippen LogP contribution in [0.15, 0.2) is 48.5 Å². The van der Waals surface area contributed by atoms with Crippen molar-refractivity contribution >= 4 is 21.9 Å². The number of hydrogen-bond acceptors (Lipinski definition) is 4. The number of benzene rings is 2. The van der Waals surface area contributed by atoms with Gasteiger partial charge in [0.05, 0.1) is 6.26 Å². The van der Waals surface area contributed by atoms with Gasteiger partial charge in [-0.1, -0.05) is 23.8 Å². The molecule has 26 heavy (non-hydrogen) atoms. The van der Waals surface area contributed by atoms with Crippen molar-refractivity contribution in [1.29, 1.82) is 0 Å². The molecule has 2 rings (SSSR count). The molecule has 0 aromatic heterocycles. The minimum Gasteiger partial charge on any atom is -0.444 e. The molecule has 6 nitrogen and oxygen atoms in total. The molecule has 0 spiro atoms. The molecule has 0 fully saturated rings. The van der Waals surface area contributed by atoms with Crippen LogP contribution < -0.4 is 5.32 Å². The van der Waals surface area contributed by atoms with Gasteiger partial charge in [-0.3, -0.25) is 9.87 Å². The van der Waals surface area contributed by atoms with Gasteiger partial charge in [-0.05, 0) is 26.8 Å². The zero-order valence-electron chi connectivity index (χ0n) is 14.9. The standard InChI is InChI=1S/C17H18NO2.CH4O3S.Pd/c1-17(2,3)20-16(19)18-15-12-8-7-11-14(15)13-9-5-4-6-10-13;1-5(2,3)4;/h4-9,11-12H,1-3H3,(H,18,19);1H3,(H,2,3,4);/q-1;;. The van der Waals surface area contributed by atoms with Crippen molar-refractivity contribution in [1.82, 2.24) is 0 Å². The second-order valence-electron chi connectivity index (χ2n) is 6.18. The second-order valence-corrected chi connectivity index (χ2v) is 7.65. The Labute approximate surface area is 168 Å². The maximum Gasteiger partial charge on any atom is 0.411 e. The van der Waals surface area contributed by atoms with Crippen LogP contribution >= 0.6 is 0 Å². The van der Waals surface area contributed by atoms with Crippen molar-refractivity contribution in [2.24, 2.45) is 0 Å². The topological polar surface area (TPSA) is 92.7 Å². The van der Waals surface area contributed by atoms with Gasteiger partial charge in [0, 0.05) is 26.1 Å². The molecule has 2 aromatic carbocycles. The summed E-state index contributed by atoms with van der Waals surface area (Å²) in [5.41, 5.74) is 2.04. The predicted octanol–water partition coefficient (Wildman–Crippen LogP) is 4.00. The zero-order valence-corrected chi connectivity index (χ0v) is 17.3. The molecule has 0 atom stereocenters. The summed E-state index contributed by atoms with van der Waals surface area (Å²) < 4.78 is 31.1. The number of rotatable bonds is 2. The first-order valence-electron chi connectivity index (χ1n) is 7.44. The number of amides is 1. The molecule has 1 amide bonds. The summed E-state index contributed by atoms with van der Waals surface area (Å²) >= 11 is 0. The van der Waals surface area contributed by atoms with E-state index in [2.05, 4.69) is 11.4 Å². The van der Waals surface area contributed by atoms with Crippen LogP contribution in [0, 0.1) is 6.07 Å². The molecule has 2 N–H and O–H groups in total. The third-order valence-electron chi connectivity index (χ3n) is 2.56. The average molecular weight is 471 g/mol. The van der Waals surface area contributed by atoms with Crippen LogP contribution in [0.4, 0.5) is 10.5 Å². The Morgan fingerprint density at radius 2 is 1.65 bits per heavy atom. The van der Waals surface area contributed by atoms with E-state index in [4.69, 9.17) is 9.29 Å². The molecule has 0 saturated heterocycles. The first kappa shape index (κ1) is 24.3. The number of anilines is 1. The monoisotopic (exact) mass is 470 g/mol. The minimum atomic E-state index is -3.67. The summed E-state index contributed by atoms with van der Waals surface area (Å²) in [6.45, 7) is 5.51. The second kappa shape index (κ2) is 10.4. The number of hydrogen-bond donors (Lipinski definition) is 2. The molecule has 8 heteroatoms. The minimum absolute atomic E-state index is 0. The van der Waals surface area contributed by atoms with E-state index in [0.29, 0.717) is 11.9 Å². The predicted molar refractivity (Wildman–Crippen MR) is 98.0 cm³/mol. The molecule has 0 saturated carbocycles. The molecule has 0 unspecified atom stereocenters. The van der Waals surface area contributed by atoms with Crippen molar-refractivity contribution in [3.8, 4) is 11.1 Å². The van der Waals surface area contributed by atoms with E-state index in [1.807, 2.05) is 69.3 Å². The van der Waals surface area contributed by atoms with Gasteiger partial charge in [-0.2, -0.15) is 8.42 Å². The van der Waals surface area contributed by atoms with Crippen molar-refractivity contribution in [2.75, 3.05) is 11.6 Å². The molecule has 0 heterocycles. The SMILES string of the molecule is CC(C)(C)OC(=O)Nc1ccccc1-c1[c-]cccc1.CS(=O)(=O)O.[Pd]. The van der Waals surface area contributed by atoms with Gasteiger partial charge in [0.1, 0.15) is 5.60 Å². The molecule has 146 valence electrons. The molecule has 0 aliphatic rings. The average Bonchev–Trinajstić information content (AvgIpc) is 2.45. The van der Waals surface area contributed by atoms with E-state index in [9.17, 15) is 13.2 Å². The van der Waals surface area contributed by atoms with Crippen LogP contribution in [0.5, 0.6) is 0 Å². The summed E-state index contributed by atoms with van der Waals surface area (Å²) in [7, 11) is -3.67. The van der Waals surface area contributed by atoms with Crippen LogP contribution in [0.3, 0.4) is 0 Å². The molecule has 2 aromatic rings. The third-order valence-corrected chi connectivity index (χ3v) is 2.56. The summed E-state index contributed by atoms with van der Waals surface area (Å²) in [5, 5.41) is 2.78. The van der Waals surface area contributed by atoms with Crippen LogP contribution in [0.2, 0.25) is 0 Å². The Kier molecular flexibility index (Phi) is 9.75. The molecule has 0 bridgehead atoms. The fourth-order valence-corrected chi connectivity index (χ4v) is 1.80. The van der Waals surface area contributed by atoms with Gasteiger partial charge in [-0.25, -0.2) is 4.79 Å². The van der Waals surface area contributed by atoms with Gasteiger partial charge >= 0.3 is 6.09 Å². The van der Waals surface area contributed by atoms with Gasteiger partial charge in [0.2, 0.25) is 0 Å². The Balaban J connectivity index is 0.000000923. The largest absolute Gasteiger partial charge is 0.444 e. The van der Waals surface area contributed by atoms with E-state index in [1.54, 1.807) is 0 Å². The first-order valence-corrected chi connectivity index (χ1v) is 9.29. The third kappa shape index (κ3) is 11.0. The van der Waals surface area contributed by atoms with Gasteiger partial charge in [0.25, 0.3) is 10.1 Å². The van der Waals surface area contributed by atoms with Crippen LogP contribution in [-0.2, 0) is 35.3 Å². The van der Waals surface area contributed by atoms with Gasteiger partial charge in [0.15, 0.2) is 0 Å². The van der Waals surface area contributed by atoms with Gasteiger partial charge < -0.3 is 4.74 Å². The van der Waals surface area contributed by atoms with Crippen molar-refractivity contribution in [3.63, 3.8) is 0 Å². The smallest absolute Gasteiger partial charge is 0.411 e. The molecule has 0 aliphatic heterocycles. The molecular weight excluding hydrogens is 449 g/mol. The van der Waals surface area contributed by atoms with E-state index in [0.717, 1.165) is 11.1 Å². The van der Waals surface area contributed by atoms with Gasteiger partial charge in [-0.15, -0.1) is 35.9 Å². The Hall–Kier alpha value is -1.72. The van der Waals surface area contributed by atoms with Crippen LogP contribution in [-0.4, -0.2) is 30.9 Å². The molecule has 0 radical (unpaired) electrons. The molecule has 0 aliphatic carbocycles. The summed E-state index contributed by atoms with van der Waals surface area (Å²) in [6, 6.07) is 18.4. The number of para-hydroxylation sites is 1. The van der Waals surface area contributed by atoms with E-state index < -0.39 is 21.8 Å². The summed E-state index contributed by atoms with van der Waals surface area (Å²) in [6.07, 6.45) is 0.258. The fourth-order valence-electron chi connectivity index (χ4n) is 1.80. The number of carbonyl (C=O) groups excluding carboxylic acids is 1. The fraction of sp³-hybridized carbons (Fsp3) is 0.278. The normalized spacial score (nSPS) is 10.7. The number of nitrogens with one attached hydrogen (secondary N) is 1. The Bertz CT molecular complexity index is 794. The first-order chi connectivity index (χ1) is 11.5. The molecular formula is C18H22NO5PdS-. The Morgan fingerprint density at radius 3 is 2.15 bits per heavy atom. The van der Waals surface area contributed by atoms with Crippen molar-refractivity contribution in [2.45, 2.75) is 26.4 Å².